The third-order valence-electron chi connectivity index (χ3n) is 5.27. The Labute approximate surface area is 109 Å². The van der Waals surface area contributed by atoms with Crippen molar-refractivity contribution in [2.24, 2.45) is 11.1 Å². The van der Waals surface area contributed by atoms with Crippen LogP contribution in [0.15, 0.2) is 24.3 Å². The van der Waals surface area contributed by atoms with E-state index in [0.717, 1.165) is 25.7 Å². The number of rotatable bonds is 2. The van der Waals surface area contributed by atoms with E-state index in [0.29, 0.717) is 6.54 Å². The highest BCUT2D eigenvalue weighted by atomic mass is 16.3. The van der Waals surface area contributed by atoms with Crippen LogP contribution in [0.2, 0.25) is 0 Å². The quantitative estimate of drug-likeness (QED) is 0.840. The smallest absolute Gasteiger partial charge is 0.0796 e. The highest BCUT2D eigenvalue weighted by Gasteiger charge is 2.52. The molecule has 3 N–H and O–H groups in total. The Hall–Kier alpha value is -0.860. The maximum Gasteiger partial charge on any atom is 0.0796 e. The molecule has 0 amide bonds. The van der Waals surface area contributed by atoms with Gasteiger partial charge in [-0.3, -0.25) is 0 Å². The van der Waals surface area contributed by atoms with Crippen molar-refractivity contribution in [1.29, 1.82) is 0 Å². The second-order valence-corrected chi connectivity index (χ2v) is 6.20. The number of hydrogen-bond donors (Lipinski definition) is 2. The van der Waals surface area contributed by atoms with E-state index >= 15 is 0 Å². The van der Waals surface area contributed by atoms with Crippen molar-refractivity contribution in [3.63, 3.8) is 0 Å². The molecule has 98 valence electrons. The summed E-state index contributed by atoms with van der Waals surface area (Å²) >= 11 is 0. The number of nitrogens with two attached hydrogens (primary N) is 1. The van der Waals surface area contributed by atoms with Gasteiger partial charge in [0.25, 0.3) is 0 Å². The lowest BCUT2D eigenvalue weighted by molar-refractivity contribution is -0.0916. The van der Waals surface area contributed by atoms with Gasteiger partial charge in [-0.05, 0) is 24.0 Å². The Kier molecular flexibility index (Phi) is 2.95. The van der Waals surface area contributed by atoms with E-state index < -0.39 is 5.60 Å². The molecule has 0 unspecified atom stereocenters. The summed E-state index contributed by atoms with van der Waals surface area (Å²) in [6, 6.07) is 8.45. The SMILES string of the molecule is NCC1(C2(O)Cc3ccccc3C2)CCCCC1. The average molecular weight is 245 g/mol. The molecule has 0 heterocycles. The standard InChI is InChI=1S/C16H23NO/c17-12-15(8-4-1-5-9-15)16(18)10-13-6-2-3-7-14(13)11-16/h2-3,6-7,18H,1,4-5,8-12,17H2. The molecule has 0 bridgehead atoms. The maximum absolute atomic E-state index is 11.2. The normalized spacial score (nSPS) is 24.8. The number of fused-ring (bicyclic) bond motifs is 1. The molecule has 2 heteroatoms. The first-order valence-electron chi connectivity index (χ1n) is 7.18. The molecule has 0 atom stereocenters. The van der Waals surface area contributed by atoms with E-state index in [1.807, 2.05) is 0 Å². The maximum atomic E-state index is 11.2. The highest BCUT2D eigenvalue weighted by molar-refractivity contribution is 5.36. The van der Waals surface area contributed by atoms with Gasteiger partial charge in [0.05, 0.1) is 5.60 Å². The van der Waals surface area contributed by atoms with Crippen molar-refractivity contribution in [3.8, 4) is 0 Å². The number of aliphatic hydroxyl groups is 1. The van der Waals surface area contributed by atoms with Crippen molar-refractivity contribution >= 4 is 0 Å². The zero-order chi connectivity index (χ0) is 12.6. The Balaban J connectivity index is 1.92. The second kappa shape index (κ2) is 4.36. The summed E-state index contributed by atoms with van der Waals surface area (Å²) < 4.78 is 0. The Morgan fingerprint density at radius 2 is 1.56 bits per heavy atom. The van der Waals surface area contributed by atoms with E-state index in [1.54, 1.807) is 0 Å². The van der Waals surface area contributed by atoms with Gasteiger partial charge in [-0.25, -0.2) is 0 Å². The summed E-state index contributed by atoms with van der Waals surface area (Å²) in [5.41, 5.74) is 8.06. The largest absolute Gasteiger partial charge is 0.389 e. The lowest BCUT2D eigenvalue weighted by Crippen LogP contribution is -2.54. The van der Waals surface area contributed by atoms with Crippen LogP contribution in [-0.4, -0.2) is 17.3 Å². The first-order valence-corrected chi connectivity index (χ1v) is 7.18. The Morgan fingerprint density at radius 3 is 2.06 bits per heavy atom. The third kappa shape index (κ3) is 1.70. The Morgan fingerprint density at radius 1 is 1.00 bits per heavy atom. The predicted octanol–water partition coefficient (Wildman–Crippen LogP) is 2.43. The lowest BCUT2D eigenvalue weighted by Gasteiger charge is -2.47. The van der Waals surface area contributed by atoms with Gasteiger partial charge in [0.2, 0.25) is 0 Å². The van der Waals surface area contributed by atoms with Crippen molar-refractivity contribution < 1.29 is 5.11 Å². The van der Waals surface area contributed by atoms with Crippen molar-refractivity contribution in [1.82, 2.24) is 0 Å². The van der Waals surface area contributed by atoms with Gasteiger partial charge in [-0.1, -0.05) is 43.5 Å². The molecule has 0 spiro atoms. The zero-order valence-corrected chi connectivity index (χ0v) is 11.0. The zero-order valence-electron chi connectivity index (χ0n) is 11.0. The molecule has 0 aliphatic heterocycles. The Bertz CT molecular complexity index is 409. The fourth-order valence-electron chi connectivity index (χ4n) is 4.06. The molecule has 0 saturated heterocycles. The van der Waals surface area contributed by atoms with E-state index in [9.17, 15) is 5.11 Å². The fraction of sp³-hybridized carbons (Fsp3) is 0.625. The summed E-state index contributed by atoms with van der Waals surface area (Å²) in [4.78, 5) is 0. The van der Waals surface area contributed by atoms with Gasteiger partial charge >= 0.3 is 0 Å². The molecule has 1 fully saturated rings. The van der Waals surface area contributed by atoms with E-state index in [2.05, 4.69) is 24.3 Å². The van der Waals surface area contributed by atoms with Crippen LogP contribution < -0.4 is 5.73 Å². The molecule has 0 radical (unpaired) electrons. The third-order valence-corrected chi connectivity index (χ3v) is 5.27. The highest BCUT2D eigenvalue weighted by Crippen LogP contribution is 2.50. The molecule has 1 aromatic carbocycles. The van der Waals surface area contributed by atoms with E-state index in [1.165, 1.54) is 30.4 Å². The predicted molar refractivity (Wildman–Crippen MR) is 73.4 cm³/mol. The van der Waals surface area contributed by atoms with Crippen LogP contribution >= 0.6 is 0 Å². The van der Waals surface area contributed by atoms with Gasteiger partial charge in [0.1, 0.15) is 0 Å². The minimum atomic E-state index is -0.605. The van der Waals surface area contributed by atoms with Crippen LogP contribution in [0.25, 0.3) is 0 Å². The first kappa shape index (κ1) is 12.2. The van der Waals surface area contributed by atoms with E-state index in [-0.39, 0.29) is 5.41 Å². The van der Waals surface area contributed by atoms with Gasteiger partial charge in [0, 0.05) is 24.8 Å². The minimum absolute atomic E-state index is 0.0513. The number of benzene rings is 1. The summed E-state index contributed by atoms with van der Waals surface area (Å²) in [7, 11) is 0. The summed E-state index contributed by atoms with van der Waals surface area (Å²) in [6.07, 6.45) is 7.50. The molecule has 1 aromatic rings. The van der Waals surface area contributed by atoms with Crippen molar-refractivity contribution in [2.45, 2.75) is 50.5 Å². The molecular formula is C16H23NO. The van der Waals surface area contributed by atoms with Crippen LogP contribution in [0.1, 0.15) is 43.2 Å². The molecule has 2 aliphatic carbocycles. The van der Waals surface area contributed by atoms with Crippen molar-refractivity contribution in [3.05, 3.63) is 35.4 Å². The summed E-state index contributed by atoms with van der Waals surface area (Å²) in [5, 5.41) is 11.2. The topological polar surface area (TPSA) is 46.2 Å². The van der Waals surface area contributed by atoms with Crippen LogP contribution in [0.4, 0.5) is 0 Å². The van der Waals surface area contributed by atoms with Crippen molar-refractivity contribution in [2.75, 3.05) is 6.54 Å². The van der Waals surface area contributed by atoms with Crippen LogP contribution in [0, 0.1) is 5.41 Å². The van der Waals surface area contributed by atoms with Crippen LogP contribution in [0.5, 0.6) is 0 Å². The average Bonchev–Trinajstić information content (AvgIpc) is 2.77. The van der Waals surface area contributed by atoms with Crippen LogP contribution in [0.3, 0.4) is 0 Å². The summed E-state index contributed by atoms with van der Waals surface area (Å²) in [6.45, 7) is 0.623. The molecule has 0 aromatic heterocycles. The lowest BCUT2D eigenvalue weighted by atomic mass is 9.62. The second-order valence-electron chi connectivity index (χ2n) is 6.20. The van der Waals surface area contributed by atoms with Gasteiger partial charge in [-0.2, -0.15) is 0 Å². The molecule has 2 nitrogen and oxygen atoms in total. The minimum Gasteiger partial charge on any atom is -0.389 e. The van der Waals surface area contributed by atoms with Gasteiger partial charge in [0.15, 0.2) is 0 Å². The van der Waals surface area contributed by atoms with E-state index in [4.69, 9.17) is 5.73 Å². The molecular weight excluding hydrogens is 222 g/mol. The fourth-order valence-corrected chi connectivity index (χ4v) is 4.06. The monoisotopic (exact) mass is 245 g/mol. The first-order chi connectivity index (χ1) is 8.69. The molecule has 3 rings (SSSR count). The van der Waals surface area contributed by atoms with Gasteiger partial charge in [-0.15, -0.1) is 0 Å². The van der Waals surface area contributed by atoms with Gasteiger partial charge < -0.3 is 10.8 Å². The summed E-state index contributed by atoms with van der Waals surface area (Å²) in [5.74, 6) is 0. The molecule has 1 saturated carbocycles. The molecule has 2 aliphatic rings. The molecule has 18 heavy (non-hydrogen) atoms. The van der Waals surface area contributed by atoms with Crippen LogP contribution in [-0.2, 0) is 12.8 Å². The number of hydrogen-bond acceptors (Lipinski definition) is 2.